The van der Waals surface area contributed by atoms with Crippen LogP contribution < -0.4 is 15.0 Å². The van der Waals surface area contributed by atoms with Crippen molar-refractivity contribution in [1.82, 2.24) is 0 Å². The first-order chi connectivity index (χ1) is 17.4. The molecule has 4 aromatic rings. The average molecular weight is 482 g/mol. The number of nitro groups is 1. The quantitative estimate of drug-likeness (QED) is 0.275. The number of carbonyl (C=O) groups excluding carboxylic acids is 2. The van der Waals surface area contributed by atoms with Gasteiger partial charge in [-0.3, -0.25) is 19.7 Å². The smallest absolute Gasteiger partial charge is 0.274 e. The second-order valence-electron chi connectivity index (χ2n) is 8.73. The summed E-state index contributed by atoms with van der Waals surface area (Å²) < 4.78 is 6.05. The third-order valence-corrected chi connectivity index (χ3v) is 6.30. The fourth-order valence-electron chi connectivity index (χ4n) is 4.36. The van der Waals surface area contributed by atoms with Crippen molar-refractivity contribution in [3.63, 3.8) is 0 Å². The Labute approximate surface area is 207 Å². The monoisotopic (exact) mass is 481 g/mol. The van der Waals surface area contributed by atoms with E-state index in [0.717, 1.165) is 16.5 Å². The average Bonchev–Trinajstić information content (AvgIpc) is 3.27. The van der Waals surface area contributed by atoms with Gasteiger partial charge in [0.1, 0.15) is 11.5 Å². The summed E-state index contributed by atoms with van der Waals surface area (Å²) in [5.41, 5.74) is 1.46. The minimum Gasteiger partial charge on any atom is -0.457 e. The number of amides is 2. The van der Waals surface area contributed by atoms with Gasteiger partial charge in [-0.15, -0.1) is 0 Å². The number of aryl methyl sites for hydroxylation is 1. The van der Waals surface area contributed by atoms with E-state index in [1.165, 1.54) is 11.0 Å². The van der Waals surface area contributed by atoms with Crippen LogP contribution >= 0.6 is 0 Å². The van der Waals surface area contributed by atoms with Crippen molar-refractivity contribution in [2.24, 2.45) is 5.92 Å². The highest BCUT2D eigenvalue weighted by Gasteiger charge is 2.35. The van der Waals surface area contributed by atoms with E-state index in [1.807, 2.05) is 42.5 Å². The predicted molar refractivity (Wildman–Crippen MR) is 137 cm³/mol. The van der Waals surface area contributed by atoms with Gasteiger partial charge < -0.3 is 15.0 Å². The number of nitrogens with zero attached hydrogens (tertiary/aromatic N) is 2. The summed E-state index contributed by atoms with van der Waals surface area (Å²) in [4.78, 5) is 37.7. The van der Waals surface area contributed by atoms with Gasteiger partial charge in [0, 0.05) is 35.7 Å². The molecule has 0 saturated carbocycles. The summed E-state index contributed by atoms with van der Waals surface area (Å²) in [7, 11) is 0. The Balaban J connectivity index is 1.24. The first-order valence-electron chi connectivity index (χ1n) is 11.5. The summed E-state index contributed by atoms with van der Waals surface area (Å²) in [6.07, 6.45) is 0.0375. The third-order valence-electron chi connectivity index (χ3n) is 6.30. The third kappa shape index (κ3) is 4.61. The number of nitrogens with one attached hydrogen (secondary N) is 1. The normalized spacial score (nSPS) is 15.2. The highest BCUT2D eigenvalue weighted by atomic mass is 16.6. The Kier molecular flexibility index (Phi) is 6.08. The topological polar surface area (TPSA) is 102 Å². The number of anilines is 2. The molecular weight excluding hydrogens is 458 g/mol. The molecule has 1 atom stereocenters. The molecule has 0 aromatic heterocycles. The molecule has 0 unspecified atom stereocenters. The van der Waals surface area contributed by atoms with Crippen molar-refractivity contribution in [3.8, 4) is 11.5 Å². The highest BCUT2D eigenvalue weighted by Crippen LogP contribution is 2.32. The van der Waals surface area contributed by atoms with Gasteiger partial charge in [0.2, 0.25) is 11.8 Å². The second-order valence-corrected chi connectivity index (χ2v) is 8.73. The maximum atomic E-state index is 12.9. The summed E-state index contributed by atoms with van der Waals surface area (Å²) in [5, 5.41) is 16.2. The molecule has 0 spiro atoms. The molecule has 0 bridgehead atoms. The van der Waals surface area contributed by atoms with Crippen LogP contribution in [0.15, 0.2) is 84.9 Å². The molecule has 1 aliphatic heterocycles. The fraction of sp³-hybridized carbons (Fsp3) is 0.143. The molecule has 5 rings (SSSR count). The van der Waals surface area contributed by atoms with Crippen LogP contribution in [0.5, 0.6) is 11.5 Å². The van der Waals surface area contributed by atoms with Gasteiger partial charge in [-0.2, -0.15) is 0 Å². The van der Waals surface area contributed by atoms with Crippen molar-refractivity contribution < 1.29 is 19.2 Å². The minimum absolute atomic E-state index is 0.0375. The molecule has 4 aromatic carbocycles. The summed E-state index contributed by atoms with van der Waals surface area (Å²) in [6.45, 7) is 1.80. The van der Waals surface area contributed by atoms with Crippen LogP contribution in [0.4, 0.5) is 17.1 Å². The van der Waals surface area contributed by atoms with Crippen LogP contribution in [-0.2, 0) is 9.59 Å². The number of nitro benzene ring substituents is 1. The van der Waals surface area contributed by atoms with Crippen LogP contribution in [0, 0.1) is 23.0 Å². The van der Waals surface area contributed by atoms with E-state index in [1.54, 1.807) is 43.3 Å². The Hall–Kier alpha value is -4.72. The van der Waals surface area contributed by atoms with Crippen LogP contribution in [0.1, 0.15) is 12.0 Å². The molecule has 8 nitrogen and oxygen atoms in total. The zero-order valence-electron chi connectivity index (χ0n) is 19.5. The number of benzene rings is 4. The summed E-state index contributed by atoms with van der Waals surface area (Å²) >= 11 is 0. The molecule has 1 fully saturated rings. The molecule has 2 amide bonds. The van der Waals surface area contributed by atoms with Gasteiger partial charge in [0.25, 0.3) is 5.69 Å². The first-order valence-corrected chi connectivity index (χ1v) is 11.5. The van der Waals surface area contributed by atoms with Crippen molar-refractivity contribution in [3.05, 3.63) is 101 Å². The number of hydrogen-bond acceptors (Lipinski definition) is 5. The first kappa shape index (κ1) is 23.0. The van der Waals surface area contributed by atoms with Crippen LogP contribution in [0.2, 0.25) is 0 Å². The van der Waals surface area contributed by atoms with E-state index >= 15 is 0 Å². The Morgan fingerprint density at radius 3 is 2.56 bits per heavy atom. The molecule has 8 heteroatoms. The standard InChI is InChI=1S/C28H23N3O5/c1-18-9-12-22(16-25(18)31(34)35)30-17-20(15-27(30)32)28(33)29-21-10-13-23(14-11-21)36-26-8-4-6-19-5-2-3-7-24(19)26/h2-14,16,20H,15,17H2,1H3,(H,29,33)/t20-/m0/s1. The van der Waals surface area contributed by atoms with E-state index in [2.05, 4.69) is 5.32 Å². The van der Waals surface area contributed by atoms with Gasteiger partial charge in [-0.25, -0.2) is 0 Å². The van der Waals surface area contributed by atoms with Crippen molar-refractivity contribution in [2.75, 3.05) is 16.8 Å². The minimum atomic E-state index is -0.565. The van der Waals surface area contributed by atoms with E-state index in [0.29, 0.717) is 22.7 Å². The molecule has 36 heavy (non-hydrogen) atoms. The van der Waals surface area contributed by atoms with Gasteiger partial charge in [0.15, 0.2) is 0 Å². The zero-order valence-corrected chi connectivity index (χ0v) is 19.5. The van der Waals surface area contributed by atoms with Crippen molar-refractivity contribution in [2.45, 2.75) is 13.3 Å². The molecule has 1 heterocycles. The molecule has 0 aliphatic carbocycles. The molecule has 1 N–H and O–H groups in total. The van der Waals surface area contributed by atoms with E-state index in [-0.39, 0.29) is 30.5 Å². The van der Waals surface area contributed by atoms with Crippen LogP contribution in [0.25, 0.3) is 10.8 Å². The van der Waals surface area contributed by atoms with Gasteiger partial charge >= 0.3 is 0 Å². The van der Waals surface area contributed by atoms with Crippen LogP contribution in [0.3, 0.4) is 0 Å². The number of fused-ring (bicyclic) bond motifs is 1. The van der Waals surface area contributed by atoms with Crippen molar-refractivity contribution in [1.29, 1.82) is 0 Å². The van der Waals surface area contributed by atoms with E-state index in [9.17, 15) is 19.7 Å². The zero-order chi connectivity index (χ0) is 25.2. The molecule has 0 radical (unpaired) electrons. The molecule has 180 valence electrons. The summed E-state index contributed by atoms with van der Waals surface area (Å²) in [6, 6.07) is 25.5. The van der Waals surface area contributed by atoms with Gasteiger partial charge in [-0.1, -0.05) is 42.5 Å². The molecule has 1 saturated heterocycles. The second kappa shape index (κ2) is 9.50. The van der Waals surface area contributed by atoms with Gasteiger partial charge in [0.05, 0.1) is 16.5 Å². The van der Waals surface area contributed by atoms with Crippen LogP contribution in [-0.4, -0.2) is 23.3 Å². The Morgan fingerprint density at radius 2 is 1.78 bits per heavy atom. The largest absolute Gasteiger partial charge is 0.457 e. The maximum absolute atomic E-state index is 12.9. The SMILES string of the molecule is Cc1ccc(N2C[C@@H](C(=O)Nc3ccc(Oc4cccc5ccccc45)cc3)CC2=O)cc1[N+](=O)[O-]. The molecule has 1 aliphatic rings. The van der Waals surface area contributed by atoms with E-state index in [4.69, 9.17) is 4.74 Å². The lowest BCUT2D eigenvalue weighted by Crippen LogP contribution is -2.28. The number of rotatable bonds is 6. The Bertz CT molecular complexity index is 1480. The van der Waals surface area contributed by atoms with E-state index < -0.39 is 10.8 Å². The number of ether oxygens (including phenoxy) is 1. The lowest BCUT2D eigenvalue weighted by atomic mass is 10.1. The fourth-order valence-corrected chi connectivity index (χ4v) is 4.36. The number of carbonyl (C=O) groups is 2. The summed E-state index contributed by atoms with van der Waals surface area (Å²) in [5.74, 6) is 0.283. The number of hydrogen-bond donors (Lipinski definition) is 1. The lowest BCUT2D eigenvalue weighted by Gasteiger charge is -2.17. The van der Waals surface area contributed by atoms with Gasteiger partial charge in [-0.05, 0) is 48.7 Å². The predicted octanol–water partition coefficient (Wildman–Crippen LogP) is 5.84. The Morgan fingerprint density at radius 1 is 1.03 bits per heavy atom. The highest BCUT2D eigenvalue weighted by molar-refractivity contribution is 6.03. The lowest BCUT2D eigenvalue weighted by molar-refractivity contribution is -0.385. The maximum Gasteiger partial charge on any atom is 0.274 e. The van der Waals surface area contributed by atoms with Crippen molar-refractivity contribution >= 4 is 39.6 Å². The molecular formula is C28H23N3O5.